The van der Waals surface area contributed by atoms with Gasteiger partial charge in [-0.15, -0.1) is 0 Å². The summed E-state index contributed by atoms with van der Waals surface area (Å²) < 4.78 is 11.2. The molecule has 1 aromatic heterocycles. The van der Waals surface area contributed by atoms with Crippen molar-refractivity contribution in [3.63, 3.8) is 0 Å². The van der Waals surface area contributed by atoms with Gasteiger partial charge in [0.1, 0.15) is 5.75 Å². The van der Waals surface area contributed by atoms with Gasteiger partial charge in [-0.2, -0.15) is 0 Å². The molecule has 5 nitrogen and oxygen atoms in total. The van der Waals surface area contributed by atoms with E-state index in [0.29, 0.717) is 0 Å². The molecular formula is C21H23ClN3O2+. The van der Waals surface area contributed by atoms with E-state index in [2.05, 4.69) is 22.0 Å². The van der Waals surface area contributed by atoms with Crippen molar-refractivity contribution in [1.82, 2.24) is 4.98 Å². The first kappa shape index (κ1) is 17.9. The fourth-order valence-corrected chi connectivity index (χ4v) is 3.53. The second-order valence-electron chi connectivity index (χ2n) is 6.74. The van der Waals surface area contributed by atoms with Crippen LogP contribution in [0.3, 0.4) is 0 Å². The lowest BCUT2D eigenvalue weighted by Crippen LogP contribution is -3.13. The monoisotopic (exact) mass is 384 g/mol. The highest BCUT2D eigenvalue weighted by atomic mass is 35.5. The Bertz CT molecular complexity index is 869. The molecule has 1 fully saturated rings. The molecule has 3 aromatic rings. The maximum atomic E-state index is 5.95. The number of rotatable bonds is 5. The van der Waals surface area contributed by atoms with E-state index in [-0.39, 0.29) is 0 Å². The van der Waals surface area contributed by atoms with Gasteiger partial charge in [-0.1, -0.05) is 11.6 Å². The highest BCUT2D eigenvalue weighted by Gasteiger charge is 2.22. The van der Waals surface area contributed by atoms with Crippen LogP contribution in [0.5, 0.6) is 5.75 Å². The van der Waals surface area contributed by atoms with E-state index < -0.39 is 0 Å². The Labute approximate surface area is 164 Å². The highest BCUT2D eigenvalue weighted by molar-refractivity contribution is 6.30. The normalized spacial score (nSPS) is 15.1. The molecule has 27 heavy (non-hydrogen) atoms. The fraction of sp³-hybridized carbons (Fsp3) is 0.286. The zero-order valence-corrected chi connectivity index (χ0v) is 16.1. The molecule has 1 saturated heterocycles. The molecule has 0 spiro atoms. The predicted octanol–water partition coefficient (Wildman–Crippen LogP) is 2.91. The van der Waals surface area contributed by atoms with Crippen LogP contribution in [0, 0.1) is 0 Å². The summed E-state index contributed by atoms with van der Waals surface area (Å²) in [5.74, 6) is 2.47. The standard InChI is InChI=1S/C21H22ClN3O2/c1-26-19-8-6-18(7-9-19)25-12-10-24(11-13-25)15-21-23-14-20(27-21)16-2-4-17(22)5-3-16/h2-9,14H,10-13,15H2,1H3/p+1. The number of ether oxygens (including phenoxy) is 1. The van der Waals surface area contributed by atoms with Crippen molar-refractivity contribution >= 4 is 17.3 Å². The smallest absolute Gasteiger partial charge is 0.250 e. The summed E-state index contributed by atoms with van der Waals surface area (Å²) in [6, 6.07) is 15.9. The maximum absolute atomic E-state index is 5.95. The van der Waals surface area contributed by atoms with Crippen LogP contribution in [0.15, 0.2) is 59.1 Å². The lowest BCUT2D eigenvalue weighted by atomic mass is 10.2. The summed E-state index contributed by atoms with van der Waals surface area (Å²) >= 11 is 5.94. The van der Waals surface area contributed by atoms with Crippen LogP contribution in [-0.2, 0) is 6.54 Å². The van der Waals surface area contributed by atoms with Crippen molar-refractivity contribution in [3.05, 3.63) is 65.6 Å². The molecule has 0 unspecified atom stereocenters. The predicted molar refractivity (Wildman–Crippen MR) is 107 cm³/mol. The minimum Gasteiger partial charge on any atom is -0.497 e. The molecule has 0 bridgehead atoms. The Morgan fingerprint density at radius 2 is 1.78 bits per heavy atom. The lowest BCUT2D eigenvalue weighted by Gasteiger charge is -2.33. The van der Waals surface area contributed by atoms with E-state index in [9.17, 15) is 0 Å². The number of benzene rings is 2. The zero-order chi connectivity index (χ0) is 18.6. The van der Waals surface area contributed by atoms with Crippen molar-refractivity contribution in [2.75, 3.05) is 38.2 Å². The lowest BCUT2D eigenvalue weighted by molar-refractivity contribution is -0.915. The second-order valence-corrected chi connectivity index (χ2v) is 7.17. The molecular weight excluding hydrogens is 362 g/mol. The third-order valence-electron chi connectivity index (χ3n) is 4.99. The number of hydrogen-bond donors (Lipinski definition) is 1. The van der Waals surface area contributed by atoms with Gasteiger partial charge in [0.2, 0.25) is 0 Å². The topological polar surface area (TPSA) is 42.9 Å². The molecule has 0 amide bonds. The van der Waals surface area contributed by atoms with E-state index >= 15 is 0 Å². The van der Waals surface area contributed by atoms with Gasteiger partial charge in [0, 0.05) is 16.3 Å². The van der Waals surface area contributed by atoms with Crippen LogP contribution in [0.4, 0.5) is 5.69 Å². The summed E-state index contributed by atoms with van der Waals surface area (Å²) in [5, 5.41) is 0.720. The quantitative estimate of drug-likeness (QED) is 0.734. The molecule has 4 rings (SSSR count). The van der Waals surface area contributed by atoms with Gasteiger partial charge in [0.15, 0.2) is 12.3 Å². The molecule has 6 heteroatoms. The Morgan fingerprint density at radius 1 is 1.07 bits per heavy atom. The number of piperazine rings is 1. The van der Waals surface area contributed by atoms with E-state index in [1.807, 2.05) is 36.4 Å². The van der Waals surface area contributed by atoms with E-state index in [1.54, 1.807) is 13.3 Å². The molecule has 2 heterocycles. The molecule has 0 atom stereocenters. The number of anilines is 1. The summed E-state index contributed by atoms with van der Waals surface area (Å²) in [7, 11) is 1.69. The summed E-state index contributed by atoms with van der Waals surface area (Å²) in [6.07, 6.45) is 1.80. The number of nitrogens with zero attached hydrogens (tertiary/aromatic N) is 2. The molecule has 1 aliphatic rings. The maximum Gasteiger partial charge on any atom is 0.250 e. The van der Waals surface area contributed by atoms with Crippen LogP contribution in [0.1, 0.15) is 5.89 Å². The minimum absolute atomic E-state index is 0.720. The van der Waals surface area contributed by atoms with Crippen molar-refractivity contribution < 1.29 is 14.1 Å². The van der Waals surface area contributed by atoms with Gasteiger partial charge in [-0.05, 0) is 48.5 Å². The van der Waals surface area contributed by atoms with Gasteiger partial charge in [-0.25, -0.2) is 4.98 Å². The Kier molecular flexibility index (Phi) is 5.32. The number of methoxy groups -OCH3 is 1. The second kappa shape index (κ2) is 8.03. The van der Waals surface area contributed by atoms with Gasteiger partial charge >= 0.3 is 0 Å². The summed E-state index contributed by atoms with van der Waals surface area (Å²) in [4.78, 5) is 8.36. The summed E-state index contributed by atoms with van der Waals surface area (Å²) in [6.45, 7) is 4.97. The number of halogens is 1. The Balaban J connectivity index is 1.33. The van der Waals surface area contributed by atoms with Crippen molar-refractivity contribution in [1.29, 1.82) is 0 Å². The van der Waals surface area contributed by atoms with Crippen molar-refractivity contribution in [2.45, 2.75) is 6.54 Å². The molecule has 140 valence electrons. The van der Waals surface area contributed by atoms with Gasteiger partial charge in [0.05, 0.1) is 39.5 Å². The van der Waals surface area contributed by atoms with Crippen LogP contribution in [0.25, 0.3) is 11.3 Å². The molecule has 1 N–H and O–H groups in total. The van der Waals surface area contributed by atoms with Crippen molar-refractivity contribution in [2.24, 2.45) is 0 Å². The minimum atomic E-state index is 0.720. The Morgan fingerprint density at radius 3 is 2.44 bits per heavy atom. The van der Waals surface area contributed by atoms with Crippen molar-refractivity contribution in [3.8, 4) is 17.1 Å². The van der Waals surface area contributed by atoms with E-state index in [1.165, 1.54) is 10.6 Å². The largest absolute Gasteiger partial charge is 0.497 e. The van der Waals surface area contributed by atoms with Gasteiger partial charge in [-0.3, -0.25) is 0 Å². The average Bonchev–Trinajstić information content (AvgIpc) is 3.18. The average molecular weight is 385 g/mol. The van der Waals surface area contributed by atoms with Crippen LogP contribution >= 0.6 is 11.6 Å². The third-order valence-corrected chi connectivity index (χ3v) is 5.24. The highest BCUT2D eigenvalue weighted by Crippen LogP contribution is 2.22. The number of hydrogen-bond acceptors (Lipinski definition) is 4. The molecule has 2 aromatic carbocycles. The molecule has 0 saturated carbocycles. The molecule has 0 radical (unpaired) electrons. The Hall–Kier alpha value is -2.50. The van der Waals surface area contributed by atoms with Crippen LogP contribution < -0.4 is 14.5 Å². The van der Waals surface area contributed by atoms with Crippen LogP contribution in [0.2, 0.25) is 5.02 Å². The zero-order valence-electron chi connectivity index (χ0n) is 15.3. The van der Waals surface area contributed by atoms with E-state index in [4.69, 9.17) is 20.8 Å². The van der Waals surface area contributed by atoms with Gasteiger partial charge in [0.25, 0.3) is 5.89 Å². The third kappa shape index (κ3) is 4.26. The first-order valence-electron chi connectivity index (χ1n) is 9.14. The SMILES string of the molecule is COc1ccc(N2CC[NH+](Cc3ncc(-c4ccc(Cl)cc4)o3)CC2)cc1. The first-order chi connectivity index (χ1) is 13.2. The van der Waals surface area contributed by atoms with Gasteiger partial charge < -0.3 is 19.0 Å². The number of aromatic nitrogens is 1. The number of quaternary nitrogens is 1. The molecule has 0 aliphatic carbocycles. The number of oxazole rings is 1. The summed E-state index contributed by atoms with van der Waals surface area (Å²) in [5.41, 5.74) is 2.24. The number of nitrogens with one attached hydrogen (secondary N) is 1. The molecule has 1 aliphatic heterocycles. The first-order valence-corrected chi connectivity index (χ1v) is 9.52. The van der Waals surface area contributed by atoms with E-state index in [0.717, 1.165) is 60.7 Å². The van der Waals surface area contributed by atoms with Crippen LogP contribution in [-0.4, -0.2) is 38.3 Å². The fourth-order valence-electron chi connectivity index (χ4n) is 3.40.